The second kappa shape index (κ2) is 11.0. The molecule has 1 aromatic carbocycles. The lowest BCUT2D eigenvalue weighted by atomic mass is 9.99. The first-order valence-electron chi connectivity index (χ1n) is 9.62. The minimum Gasteiger partial charge on any atom is -0.508 e. The Kier molecular flexibility index (Phi) is 8.60. The smallest absolute Gasteiger partial charge is 0.190 e. The van der Waals surface area contributed by atoms with E-state index in [4.69, 9.17) is 0 Å². The zero-order valence-electron chi connectivity index (χ0n) is 15.8. The number of nitrogens with zero attached hydrogens (tertiary/aromatic N) is 2. The van der Waals surface area contributed by atoms with Crippen molar-refractivity contribution in [3.05, 3.63) is 29.8 Å². The molecule has 0 atom stereocenters. The average Bonchev–Trinajstić information content (AvgIpc) is 2.63. The molecule has 1 heterocycles. The van der Waals surface area contributed by atoms with Gasteiger partial charge in [0.2, 0.25) is 0 Å². The van der Waals surface area contributed by atoms with E-state index >= 15 is 0 Å². The van der Waals surface area contributed by atoms with Crippen LogP contribution in [-0.2, 0) is 6.42 Å². The van der Waals surface area contributed by atoms with Gasteiger partial charge in [-0.3, -0.25) is 4.99 Å². The number of aromatic hydroxyl groups is 1. The lowest BCUT2D eigenvalue weighted by molar-refractivity contribution is 0.191. The Bertz CT molecular complexity index is 507. The topological polar surface area (TPSA) is 59.9 Å². The number of benzene rings is 1. The van der Waals surface area contributed by atoms with E-state index in [2.05, 4.69) is 27.4 Å². The van der Waals surface area contributed by atoms with Crippen molar-refractivity contribution in [2.24, 2.45) is 10.9 Å². The summed E-state index contributed by atoms with van der Waals surface area (Å²) < 4.78 is 0. The van der Waals surface area contributed by atoms with Crippen LogP contribution in [0.2, 0.25) is 0 Å². The maximum Gasteiger partial charge on any atom is 0.190 e. The molecule has 1 fully saturated rings. The third-order valence-electron chi connectivity index (χ3n) is 4.91. The number of phenols is 1. The summed E-state index contributed by atoms with van der Waals surface area (Å²) in [5.41, 5.74) is 1.25. The first kappa shape index (κ1) is 19.6. The van der Waals surface area contributed by atoms with Crippen LogP contribution in [0.1, 0.15) is 38.2 Å². The van der Waals surface area contributed by atoms with E-state index in [1.54, 1.807) is 12.1 Å². The van der Waals surface area contributed by atoms with Gasteiger partial charge in [-0.25, -0.2) is 0 Å². The first-order valence-corrected chi connectivity index (χ1v) is 9.62. The number of phenolic OH excluding ortho intramolecular Hbond substituents is 1. The second-order valence-electron chi connectivity index (χ2n) is 7.07. The van der Waals surface area contributed by atoms with Gasteiger partial charge in [-0.2, -0.15) is 0 Å². The van der Waals surface area contributed by atoms with Crippen LogP contribution in [0.25, 0.3) is 0 Å². The van der Waals surface area contributed by atoms with E-state index in [1.165, 1.54) is 38.0 Å². The molecule has 0 bridgehead atoms. The Morgan fingerprint density at radius 1 is 1.12 bits per heavy atom. The lowest BCUT2D eigenvalue weighted by Gasteiger charge is -2.30. The Labute approximate surface area is 152 Å². The van der Waals surface area contributed by atoms with Gasteiger partial charge in [-0.15, -0.1) is 0 Å². The van der Waals surface area contributed by atoms with E-state index in [0.717, 1.165) is 44.2 Å². The van der Waals surface area contributed by atoms with Gasteiger partial charge < -0.3 is 20.6 Å². The zero-order chi connectivity index (χ0) is 17.9. The molecule has 0 spiro atoms. The highest BCUT2D eigenvalue weighted by atomic mass is 16.3. The normalized spacial score (nSPS) is 16.8. The van der Waals surface area contributed by atoms with Gasteiger partial charge in [0.05, 0.1) is 0 Å². The maximum atomic E-state index is 9.29. The fourth-order valence-corrected chi connectivity index (χ4v) is 3.18. The van der Waals surface area contributed by atoms with Crippen molar-refractivity contribution in [3.8, 4) is 5.75 Å². The highest BCUT2D eigenvalue weighted by Crippen LogP contribution is 2.15. The average molecular weight is 347 g/mol. The standard InChI is InChI=1S/C20H34N4O/c1-17-10-15-24(16-11-17)14-4-13-23-20(21-2)22-12-3-5-18-6-8-19(25)9-7-18/h6-9,17,25H,3-5,10-16H2,1-2H3,(H2,21,22,23). The van der Waals surface area contributed by atoms with Gasteiger partial charge in [0, 0.05) is 20.1 Å². The summed E-state index contributed by atoms with van der Waals surface area (Å²) in [6.07, 6.45) is 5.88. The summed E-state index contributed by atoms with van der Waals surface area (Å²) >= 11 is 0. The molecule has 0 unspecified atom stereocenters. The molecular formula is C20H34N4O. The number of likely N-dealkylation sites (tertiary alicyclic amines) is 1. The Morgan fingerprint density at radius 2 is 1.76 bits per heavy atom. The van der Waals surface area contributed by atoms with Gasteiger partial charge in [-0.1, -0.05) is 19.1 Å². The van der Waals surface area contributed by atoms with Crippen LogP contribution in [-0.4, -0.2) is 55.7 Å². The summed E-state index contributed by atoms with van der Waals surface area (Å²) in [5, 5.41) is 16.1. The van der Waals surface area contributed by atoms with Crippen LogP contribution in [0.5, 0.6) is 5.75 Å². The number of hydrogen-bond acceptors (Lipinski definition) is 3. The van der Waals surface area contributed by atoms with Crippen LogP contribution in [0.15, 0.2) is 29.3 Å². The number of rotatable bonds is 8. The monoisotopic (exact) mass is 346 g/mol. The fourth-order valence-electron chi connectivity index (χ4n) is 3.18. The van der Waals surface area contributed by atoms with Gasteiger partial charge >= 0.3 is 0 Å². The number of piperidine rings is 1. The highest BCUT2D eigenvalue weighted by molar-refractivity contribution is 5.79. The predicted octanol–water partition coefficient (Wildman–Crippen LogP) is 2.61. The molecule has 2 rings (SSSR count). The molecule has 0 amide bonds. The van der Waals surface area contributed by atoms with Crippen molar-refractivity contribution in [3.63, 3.8) is 0 Å². The molecule has 1 aromatic rings. The van der Waals surface area contributed by atoms with Gasteiger partial charge in [0.15, 0.2) is 5.96 Å². The van der Waals surface area contributed by atoms with Crippen molar-refractivity contribution in [1.29, 1.82) is 0 Å². The number of aliphatic imine (C=N–C) groups is 1. The second-order valence-corrected chi connectivity index (χ2v) is 7.07. The molecule has 25 heavy (non-hydrogen) atoms. The van der Waals surface area contributed by atoms with E-state index in [-0.39, 0.29) is 0 Å². The third kappa shape index (κ3) is 7.78. The summed E-state index contributed by atoms with van der Waals surface area (Å²) in [4.78, 5) is 6.87. The largest absolute Gasteiger partial charge is 0.508 e. The first-order chi connectivity index (χ1) is 12.2. The van der Waals surface area contributed by atoms with Crippen LogP contribution in [0.4, 0.5) is 0 Å². The van der Waals surface area contributed by atoms with Crippen molar-refractivity contribution >= 4 is 5.96 Å². The summed E-state index contributed by atoms with van der Waals surface area (Å²) in [7, 11) is 1.82. The quantitative estimate of drug-likeness (QED) is 0.385. The molecule has 1 aliphatic heterocycles. The Morgan fingerprint density at radius 3 is 2.40 bits per heavy atom. The van der Waals surface area contributed by atoms with Crippen molar-refractivity contribution in [2.75, 3.05) is 39.8 Å². The molecular weight excluding hydrogens is 312 g/mol. The summed E-state index contributed by atoms with van der Waals surface area (Å²) in [5.74, 6) is 2.11. The number of aryl methyl sites for hydroxylation is 1. The van der Waals surface area contributed by atoms with Gasteiger partial charge in [0.25, 0.3) is 0 Å². The highest BCUT2D eigenvalue weighted by Gasteiger charge is 2.14. The Hall–Kier alpha value is -1.75. The van der Waals surface area contributed by atoms with Gasteiger partial charge in [0.1, 0.15) is 5.75 Å². The summed E-state index contributed by atoms with van der Waals surface area (Å²) in [6.45, 7) is 7.90. The summed E-state index contributed by atoms with van der Waals surface area (Å²) in [6, 6.07) is 7.44. The van der Waals surface area contributed by atoms with Crippen LogP contribution < -0.4 is 10.6 Å². The van der Waals surface area contributed by atoms with E-state index < -0.39 is 0 Å². The molecule has 5 heteroatoms. The number of hydrogen-bond donors (Lipinski definition) is 3. The molecule has 1 saturated heterocycles. The molecule has 0 radical (unpaired) electrons. The van der Waals surface area contributed by atoms with Crippen LogP contribution in [0.3, 0.4) is 0 Å². The van der Waals surface area contributed by atoms with Crippen LogP contribution >= 0.6 is 0 Å². The molecule has 140 valence electrons. The molecule has 0 aliphatic carbocycles. The van der Waals surface area contributed by atoms with Crippen molar-refractivity contribution in [2.45, 2.75) is 39.0 Å². The molecule has 1 aliphatic rings. The van der Waals surface area contributed by atoms with E-state index in [9.17, 15) is 5.11 Å². The van der Waals surface area contributed by atoms with Crippen molar-refractivity contribution < 1.29 is 5.11 Å². The number of guanidine groups is 1. The maximum absolute atomic E-state index is 9.29. The van der Waals surface area contributed by atoms with E-state index in [0.29, 0.717) is 5.75 Å². The SMILES string of the molecule is CN=C(NCCCc1ccc(O)cc1)NCCCN1CCC(C)CC1. The van der Waals surface area contributed by atoms with Crippen LogP contribution in [0, 0.1) is 5.92 Å². The molecule has 5 nitrogen and oxygen atoms in total. The molecule has 0 aromatic heterocycles. The Balaban J connectivity index is 1.52. The number of nitrogens with one attached hydrogen (secondary N) is 2. The minimum atomic E-state index is 0.325. The zero-order valence-corrected chi connectivity index (χ0v) is 15.8. The van der Waals surface area contributed by atoms with Crippen molar-refractivity contribution in [1.82, 2.24) is 15.5 Å². The minimum absolute atomic E-state index is 0.325. The fraction of sp³-hybridized carbons (Fsp3) is 0.650. The van der Waals surface area contributed by atoms with E-state index in [1.807, 2.05) is 19.2 Å². The molecule has 3 N–H and O–H groups in total. The third-order valence-corrected chi connectivity index (χ3v) is 4.91. The lowest BCUT2D eigenvalue weighted by Crippen LogP contribution is -2.40. The van der Waals surface area contributed by atoms with Gasteiger partial charge in [-0.05, 0) is 75.4 Å². The predicted molar refractivity (Wildman–Crippen MR) is 105 cm³/mol. The molecule has 0 saturated carbocycles.